The van der Waals surface area contributed by atoms with Crippen molar-refractivity contribution < 1.29 is 9.63 Å². The van der Waals surface area contributed by atoms with Crippen molar-refractivity contribution in [3.63, 3.8) is 0 Å². The number of hydrogen-bond acceptors (Lipinski definition) is 3. The van der Waals surface area contributed by atoms with E-state index in [1.807, 2.05) is 6.92 Å². The Hall–Kier alpha value is -1.56. The highest BCUT2D eigenvalue weighted by molar-refractivity contribution is 5.87. The maximum Gasteiger partial charge on any atom is 0.346 e. The molecule has 0 atom stereocenters. The van der Waals surface area contributed by atoms with Crippen LogP contribution in [-0.2, 0) is 4.84 Å². The van der Waals surface area contributed by atoms with E-state index in [-0.39, 0.29) is 6.03 Å². The second-order valence-electron chi connectivity index (χ2n) is 4.23. The van der Waals surface area contributed by atoms with Crippen LogP contribution in [0.5, 0.6) is 0 Å². The molecule has 0 spiro atoms. The number of nitrogens with one attached hydrogen (secondary N) is 2. The molecule has 0 bridgehead atoms. The lowest BCUT2D eigenvalue weighted by Gasteiger charge is -2.21. The van der Waals surface area contributed by atoms with Crippen LogP contribution in [-0.4, -0.2) is 34.2 Å². The molecule has 6 heteroatoms. The lowest BCUT2D eigenvalue weighted by Crippen LogP contribution is -2.37. The van der Waals surface area contributed by atoms with Crippen LogP contribution in [0.3, 0.4) is 0 Å². The van der Waals surface area contributed by atoms with E-state index in [0.29, 0.717) is 24.9 Å². The van der Waals surface area contributed by atoms with Crippen molar-refractivity contribution in [2.45, 2.75) is 26.2 Å². The topological polar surface area (TPSA) is 70.2 Å². The lowest BCUT2D eigenvalue weighted by atomic mass is 10.4. The average Bonchev–Trinajstić information content (AvgIpc) is 3.00. The Morgan fingerprint density at radius 3 is 3.12 bits per heavy atom. The number of imidazole rings is 1. The molecule has 0 saturated heterocycles. The summed E-state index contributed by atoms with van der Waals surface area (Å²) in [5.41, 5.74) is 0. The van der Waals surface area contributed by atoms with Crippen LogP contribution < -0.4 is 5.32 Å². The van der Waals surface area contributed by atoms with E-state index >= 15 is 0 Å². The molecule has 1 fully saturated rings. The van der Waals surface area contributed by atoms with Crippen molar-refractivity contribution in [1.82, 2.24) is 15.0 Å². The van der Waals surface area contributed by atoms with E-state index in [1.165, 1.54) is 24.2 Å². The van der Waals surface area contributed by atoms with Crippen LogP contribution in [0.25, 0.3) is 0 Å². The summed E-state index contributed by atoms with van der Waals surface area (Å²) in [6, 6.07) is -0.241. The number of H-pyrrole nitrogens is 1. The van der Waals surface area contributed by atoms with Gasteiger partial charge in [-0.1, -0.05) is 6.92 Å². The first kappa shape index (κ1) is 11.9. The number of carbonyl (C=O) groups is 1. The van der Waals surface area contributed by atoms with Crippen molar-refractivity contribution in [1.29, 1.82) is 0 Å². The molecule has 2 N–H and O–H groups in total. The van der Waals surface area contributed by atoms with Crippen LogP contribution in [0, 0.1) is 5.92 Å². The van der Waals surface area contributed by atoms with Gasteiger partial charge in [-0.15, -0.1) is 0 Å². The van der Waals surface area contributed by atoms with Gasteiger partial charge in [0.2, 0.25) is 0 Å². The highest BCUT2D eigenvalue weighted by atomic mass is 16.7. The second kappa shape index (κ2) is 5.67. The molecule has 94 valence electrons. The number of aromatic amines is 1. The highest BCUT2D eigenvalue weighted by Crippen LogP contribution is 2.29. The third-order valence-corrected chi connectivity index (χ3v) is 2.54. The van der Waals surface area contributed by atoms with E-state index in [2.05, 4.69) is 15.3 Å². The van der Waals surface area contributed by atoms with Gasteiger partial charge < -0.3 is 4.98 Å². The van der Waals surface area contributed by atoms with Gasteiger partial charge in [-0.2, -0.15) is 0 Å². The summed E-state index contributed by atoms with van der Waals surface area (Å²) in [6.07, 6.45) is 6.34. The zero-order valence-electron chi connectivity index (χ0n) is 9.98. The molecule has 1 heterocycles. The molecule has 1 aliphatic carbocycles. The summed E-state index contributed by atoms with van der Waals surface area (Å²) in [4.78, 5) is 24.0. The minimum atomic E-state index is -0.241. The van der Waals surface area contributed by atoms with Crippen LogP contribution in [0.1, 0.15) is 26.2 Å². The third kappa shape index (κ3) is 3.74. The van der Waals surface area contributed by atoms with Crippen molar-refractivity contribution in [3.05, 3.63) is 12.5 Å². The summed E-state index contributed by atoms with van der Waals surface area (Å²) < 4.78 is 0. The first-order valence-electron chi connectivity index (χ1n) is 5.99. The SMILES string of the molecule is CCCON(CC1CC1)C(=O)Nc1cnc[nH]1. The molecule has 0 radical (unpaired) electrons. The standard InChI is InChI=1S/C11H18N4O2/c1-2-5-17-15(7-9-3-4-9)11(16)14-10-6-12-8-13-10/h6,8-9H,2-5,7H2,1H3,(H,12,13)(H,14,16). The minimum Gasteiger partial charge on any atom is -0.331 e. The van der Waals surface area contributed by atoms with Crippen molar-refractivity contribution in [2.75, 3.05) is 18.5 Å². The second-order valence-corrected chi connectivity index (χ2v) is 4.23. The van der Waals surface area contributed by atoms with Gasteiger partial charge >= 0.3 is 6.03 Å². The number of amides is 2. The maximum absolute atomic E-state index is 11.9. The Balaban J connectivity index is 1.86. The fraction of sp³-hybridized carbons (Fsp3) is 0.636. The summed E-state index contributed by atoms with van der Waals surface area (Å²) in [7, 11) is 0. The Bertz CT molecular complexity index is 348. The predicted molar refractivity (Wildman–Crippen MR) is 63.3 cm³/mol. The molecule has 17 heavy (non-hydrogen) atoms. The van der Waals surface area contributed by atoms with E-state index in [0.717, 1.165) is 6.42 Å². The minimum absolute atomic E-state index is 0.241. The number of urea groups is 1. The van der Waals surface area contributed by atoms with E-state index < -0.39 is 0 Å². The molecule has 0 aliphatic heterocycles. The fourth-order valence-electron chi connectivity index (χ4n) is 1.43. The molecule has 1 aliphatic rings. The number of nitrogens with zero attached hydrogens (tertiary/aromatic N) is 2. The molecule has 0 aromatic carbocycles. The molecule has 2 amide bonds. The van der Waals surface area contributed by atoms with E-state index in [9.17, 15) is 4.79 Å². The summed E-state index contributed by atoms with van der Waals surface area (Å²) >= 11 is 0. The van der Waals surface area contributed by atoms with Gasteiger partial charge in [-0.3, -0.25) is 10.2 Å². The van der Waals surface area contributed by atoms with Gasteiger partial charge in [0.15, 0.2) is 0 Å². The fourth-order valence-corrected chi connectivity index (χ4v) is 1.43. The van der Waals surface area contributed by atoms with Gasteiger partial charge in [-0.25, -0.2) is 14.8 Å². The number of anilines is 1. The lowest BCUT2D eigenvalue weighted by molar-refractivity contribution is -0.115. The number of hydrogen-bond donors (Lipinski definition) is 2. The van der Waals surface area contributed by atoms with Gasteiger partial charge in [0.05, 0.1) is 25.7 Å². The van der Waals surface area contributed by atoms with Crippen molar-refractivity contribution in [2.24, 2.45) is 5.92 Å². The first-order chi connectivity index (χ1) is 8.29. The Labute approximate surface area is 100 Å². The zero-order valence-corrected chi connectivity index (χ0v) is 9.98. The molecule has 0 unspecified atom stereocenters. The number of rotatable bonds is 6. The summed E-state index contributed by atoms with van der Waals surface area (Å²) in [5.74, 6) is 1.18. The zero-order chi connectivity index (χ0) is 12.1. The Morgan fingerprint density at radius 1 is 1.71 bits per heavy atom. The largest absolute Gasteiger partial charge is 0.346 e. The normalized spacial score (nSPS) is 14.6. The molecule has 1 aromatic rings. The molecule has 1 aromatic heterocycles. The number of aromatic nitrogens is 2. The summed E-state index contributed by atoms with van der Waals surface area (Å²) in [5, 5.41) is 4.13. The highest BCUT2D eigenvalue weighted by Gasteiger charge is 2.27. The average molecular weight is 238 g/mol. The summed E-state index contributed by atoms with van der Waals surface area (Å²) in [6.45, 7) is 3.24. The van der Waals surface area contributed by atoms with Gasteiger partial charge in [0.1, 0.15) is 5.82 Å². The van der Waals surface area contributed by atoms with Gasteiger partial charge in [0, 0.05) is 0 Å². The predicted octanol–water partition coefficient (Wildman–Crippen LogP) is 2.00. The first-order valence-corrected chi connectivity index (χ1v) is 5.99. The third-order valence-electron chi connectivity index (χ3n) is 2.54. The Kier molecular flexibility index (Phi) is 3.98. The quantitative estimate of drug-likeness (QED) is 0.745. The molecular formula is C11H18N4O2. The van der Waals surface area contributed by atoms with Crippen LogP contribution in [0.4, 0.5) is 10.6 Å². The van der Waals surface area contributed by atoms with E-state index in [4.69, 9.17) is 4.84 Å². The van der Waals surface area contributed by atoms with Crippen LogP contribution in [0.2, 0.25) is 0 Å². The molecule has 2 rings (SSSR count). The van der Waals surface area contributed by atoms with Crippen LogP contribution in [0.15, 0.2) is 12.5 Å². The van der Waals surface area contributed by atoms with Crippen molar-refractivity contribution in [3.8, 4) is 0 Å². The number of carbonyl (C=O) groups excluding carboxylic acids is 1. The smallest absolute Gasteiger partial charge is 0.331 e. The van der Waals surface area contributed by atoms with Crippen molar-refractivity contribution >= 4 is 11.8 Å². The monoisotopic (exact) mass is 238 g/mol. The molecular weight excluding hydrogens is 220 g/mol. The maximum atomic E-state index is 11.9. The van der Waals surface area contributed by atoms with Gasteiger partial charge in [-0.05, 0) is 25.2 Å². The molecule has 6 nitrogen and oxygen atoms in total. The van der Waals surface area contributed by atoms with Gasteiger partial charge in [0.25, 0.3) is 0 Å². The van der Waals surface area contributed by atoms with Crippen LogP contribution >= 0.6 is 0 Å². The molecule has 1 saturated carbocycles. The van der Waals surface area contributed by atoms with E-state index in [1.54, 1.807) is 6.20 Å². The number of hydroxylamine groups is 2. The Morgan fingerprint density at radius 2 is 2.53 bits per heavy atom.